The average Bonchev–Trinajstić information content (AvgIpc) is 2.43. The summed E-state index contributed by atoms with van der Waals surface area (Å²) in [6, 6.07) is -1.02. The molecule has 2 heterocycles. The monoisotopic (exact) mass is 304 g/mol. The van der Waals surface area contributed by atoms with Crippen LogP contribution in [0, 0.1) is 0 Å². The Kier molecular flexibility index (Phi) is 4.69. The highest BCUT2D eigenvalue weighted by Gasteiger charge is 2.44. The van der Waals surface area contributed by atoms with Gasteiger partial charge in [0.25, 0.3) is 0 Å². The first-order valence-electron chi connectivity index (χ1n) is 6.08. The number of aliphatic hydroxyl groups is 3. The second kappa shape index (κ2) is 6.32. The van der Waals surface area contributed by atoms with Crippen molar-refractivity contribution in [2.45, 2.75) is 30.6 Å². The van der Waals surface area contributed by atoms with Crippen molar-refractivity contribution in [1.82, 2.24) is 15.0 Å². The fourth-order valence-corrected chi connectivity index (χ4v) is 2.06. The second-order valence-electron chi connectivity index (χ2n) is 4.46. The fourth-order valence-electron chi connectivity index (χ4n) is 2.06. The molecular weight excluding hydrogens is 288 g/mol. The standard InChI is InChI=1S/C10H16N4O7/c1-20-7-4(6(17)5(16)3(2-15)21-7)11-8-12-9(18)14-10(19)13-8/h3-7,15-17H,2H2,1H3,(H3,11,12,13,14,18,19)/t3-,4+,5+,6-,7?/m1/s1. The lowest BCUT2D eigenvalue weighted by molar-refractivity contribution is -0.254. The van der Waals surface area contributed by atoms with Gasteiger partial charge in [0.1, 0.15) is 24.4 Å². The Morgan fingerprint density at radius 3 is 2.62 bits per heavy atom. The average molecular weight is 304 g/mol. The molecule has 0 spiro atoms. The summed E-state index contributed by atoms with van der Waals surface area (Å²) in [5.41, 5.74) is -1.67. The molecule has 118 valence electrons. The molecule has 11 nitrogen and oxygen atoms in total. The van der Waals surface area contributed by atoms with Crippen molar-refractivity contribution in [2.75, 3.05) is 19.0 Å². The van der Waals surface area contributed by atoms with E-state index in [1.807, 2.05) is 4.98 Å². The zero-order valence-electron chi connectivity index (χ0n) is 11.0. The highest BCUT2D eigenvalue weighted by molar-refractivity contribution is 5.25. The SMILES string of the molecule is COC1O[C@H](CO)[C@H](O)[C@H](O)[C@@H]1Nc1nc(=O)[nH]c(=O)[nH]1. The number of H-pyrrole nitrogens is 2. The minimum Gasteiger partial charge on any atom is -0.394 e. The molecule has 0 bridgehead atoms. The van der Waals surface area contributed by atoms with Crippen molar-refractivity contribution in [3.63, 3.8) is 0 Å². The Morgan fingerprint density at radius 1 is 1.33 bits per heavy atom. The number of nitrogens with zero attached hydrogens (tertiary/aromatic N) is 1. The molecule has 0 aromatic carbocycles. The summed E-state index contributed by atoms with van der Waals surface area (Å²) in [6.07, 6.45) is -4.82. The number of methoxy groups -OCH3 is 1. The van der Waals surface area contributed by atoms with Gasteiger partial charge < -0.3 is 30.1 Å². The summed E-state index contributed by atoms with van der Waals surface area (Å²) in [7, 11) is 1.30. The Morgan fingerprint density at radius 2 is 2.05 bits per heavy atom. The van der Waals surface area contributed by atoms with Gasteiger partial charge in [-0.3, -0.25) is 9.97 Å². The van der Waals surface area contributed by atoms with E-state index >= 15 is 0 Å². The van der Waals surface area contributed by atoms with Crippen LogP contribution in [0.2, 0.25) is 0 Å². The molecule has 0 aliphatic carbocycles. The molecule has 0 amide bonds. The van der Waals surface area contributed by atoms with Crippen LogP contribution in [-0.4, -0.2) is 74.6 Å². The molecule has 1 aromatic rings. The first-order valence-corrected chi connectivity index (χ1v) is 6.08. The number of aromatic amines is 2. The quantitative estimate of drug-likeness (QED) is 0.328. The summed E-state index contributed by atoms with van der Waals surface area (Å²) in [5.74, 6) is -0.215. The van der Waals surface area contributed by atoms with Crippen LogP contribution in [0.4, 0.5) is 5.95 Å². The number of nitrogens with one attached hydrogen (secondary N) is 3. The van der Waals surface area contributed by atoms with Crippen molar-refractivity contribution >= 4 is 5.95 Å². The number of anilines is 1. The van der Waals surface area contributed by atoms with Gasteiger partial charge in [-0.2, -0.15) is 4.98 Å². The lowest BCUT2D eigenvalue weighted by atomic mass is 9.97. The molecule has 2 rings (SSSR count). The third-order valence-corrected chi connectivity index (χ3v) is 3.08. The molecular formula is C10H16N4O7. The van der Waals surface area contributed by atoms with Crippen molar-refractivity contribution < 1.29 is 24.8 Å². The van der Waals surface area contributed by atoms with Crippen LogP contribution in [0.5, 0.6) is 0 Å². The molecule has 0 saturated carbocycles. The van der Waals surface area contributed by atoms with E-state index in [1.165, 1.54) is 7.11 Å². The van der Waals surface area contributed by atoms with Crippen molar-refractivity contribution in [1.29, 1.82) is 0 Å². The molecule has 0 radical (unpaired) electrons. The predicted molar refractivity (Wildman–Crippen MR) is 67.7 cm³/mol. The third-order valence-electron chi connectivity index (χ3n) is 3.08. The van der Waals surface area contributed by atoms with Gasteiger partial charge in [0.05, 0.1) is 6.61 Å². The van der Waals surface area contributed by atoms with E-state index in [9.17, 15) is 19.8 Å². The van der Waals surface area contributed by atoms with Crippen LogP contribution < -0.4 is 16.7 Å². The number of rotatable bonds is 4. The van der Waals surface area contributed by atoms with Gasteiger partial charge in [-0.15, -0.1) is 0 Å². The number of hydrogen-bond acceptors (Lipinski definition) is 9. The molecule has 21 heavy (non-hydrogen) atoms. The summed E-state index contributed by atoms with van der Waals surface area (Å²) < 4.78 is 10.3. The Labute approximate surface area is 117 Å². The molecule has 1 aliphatic rings. The van der Waals surface area contributed by atoms with Crippen LogP contribution in [0.1, 0.15) is 0 Å². The minimum absolute atomic E-state index is 0.215. The van der Waals surface area contributed by atoms with Crippen LogP contribution in [0.3, 0.4) is 0 Å². The fraction of sp³-hybridized carbons (Fsp3) is 0.700. The smallest absolute Gasteiger partial charge is 0.352 e. The maximum absolute atomic E-state index is 11.1. The number of aliphatic hydroxyl groups excluding tert-OH is 3. The highest BCUT2D eigenvalue weighted by Crippen LogP contribution is 2.23. The summed E-state index contributed by atoms with van der Waals surface area (Å²) in [4.78, 5) is 29.8. The van der Waals surface area contributed by atoms with Gasteiger partial charge >= 0.3 is 11.4 Å². The zero-order valence-corrected chi connectivity index (χ0v) is 11.0. The topological polar surface area (TPSA) is 170 Å². The Bertz CT molecular complexity index is 557. The van der Waals surface area contributed by atoms with Gasteiger partial charge in [-0.1, -0.05) is 0 Å². The zero-order chi connectivity index (χ0) is 15.6. The number of ether oxygens (including phenoxy) is 2. The van der Waals surface area contributed by atoms with Crippen LogP contribution >= 0.6 is 0 Å². The Hall–Kier alpha value is -1.79. The van der Waals surface area contributed by atoms with E-state index in [2.05, 4.69) is 15.3 Å². The minimum atomic E-state index is -1.38. The number of aromatic nitrogens is 3. The largest absolute Gasteiger partial charge is 0.394 e. The highest BCUT2D eigenvalue weighted by atomic mass is 16.7. The summed E-state index contributed by atoms with van der Waals surface area (Å²) in [5, 5.41) is 31.5. The van der Waals surface area contributed by atoms with Crippen LogP contribution in [0.25, 0.3) is 0 Å². The van der Waals surface area contributed by atoms with Gasteiger partial charge in [-0.25, -0.2) is 9.59 Å². The molecule has 1 fully saturated rings. The second-order valence-corrected chi connectivity index (χ2v) is 4.46. The maximum atomic E-state index is 11.1. The van der Waals surface area contributed by atoms with E-state index in [1.54, 1.807) is 0 Å². The van der Waals surface area contributed by atoms with Crippen LogP contribution in [0.15, 0.2) is 9.59 Å². The summed E-state index contributed by atoms with van der Waals surface area (Å²) >= 11 is 0. The van der Waals surface area contributed by atoms with E-state index in [0.29, 0.717) is 0 Å². The van der Waals surface area contributed by atoms with E-state index < -0.39 is 48.6 Å². The van der Waals surface area contributed by atoms with Crippen molar-refractivity contribution in [3.05, 3.63) is 21.0 Å². The first-order chi connectivity index (χ1) is 9.96. The molecule has 1 aromatic heterocycles. The molecule has 6 N–H and O–H groups in total. The molecule has 11 heteroatoms. The van der Waals surface area contributed by atoms with E-state index in [-0.39, 0.29) is 5.95 Å². The van der Waals surface area contributed by atoms with Gasteiger partial charge in [0, 0.05) is 7.11 Å². The van der Waals surface area contributed by atoms with E-state index in [4.69, 9.17) is 14.6 Å². The first kappa shape index (κ1) is 15.6. The lowest BCUT2D eigenvalue weighted by Gasteiger charge is -2.41. The lowest BCUT2D eigenvalue weighted by Crippen LogP contribution is -2.61. The molecule has 1 unspecified atom stereocenters. The van der Waals surface area contributed by atoms with Crippen molar-refractivity contribution in [2.24, 2.45) is 0 Å². The third kappa shape index (κ3) is 3.28. The molecule has 1 aliphatic heterocycles. The Balaban J connectivity index is 2.23. The van der Waals surface area contributed by atoms with E-state index in [0.717, 1.165) is 0 Å². The van der Waals surface area contributed by atoms with Gasteiger partial charge in [0.15, 0.2) is 6.29 Å². The maximum Gasteiger partial charge on any atom is 0.352 e. The molecule has 5 atom stereocenters. The summed E-state index contributed by atoms with van der Waals surface area (Å²) in [6.45, 7) is -0.509. The molecule has 1 saturated heterocycles. The van der Waals surface area contributed by atoms with Crippen LogP contribution in [-0.2, 0) is 9.47 Å². The van der Waals surface area contributed by atoms with Crippen molar-refractivity contribution in [3.8, 4) is 0 Å². The predicted octanol–water partition coefficient (Wildman–Crippen LogP) is -3.68. The number of hydrogen-bond donors (Lipinski definition) is 6. The van der Waals surface area contributed by atoms with Gasteiger partial charge in [0.2, 0.25) is 5.95 Å². The normalized spacial score (nSPS) is 32.9. The van der Waals surface area contributed by atoms with Gasteiger partial charge in [-0.05, 0) is 0 Å².